The van der Waals surface area contributed by atoms with Crippen molar-refractivity contribution in [3.05, 3.63) is 36.3 Å². The van der Waals surface area contributed by atoms with E-state index in [2.05, 4.69) is 32.1 Å². The van der Waals surface area contributed by atoms with Gasteiger partial charge in [0.15, 0.2) is 0 Å². The Labute approximate surface area is 104 Å². The Morgan fingerprint density at radius 3 is 2.78 bits per heavy atom. The van der Waals surface area contributed by atoms with Gasteiger partial charge < -0.3 is 0 Å². The predicted molar refractivity (Wildman–Crippen MR) is 68.9 cm³/mol. The topological polar surface area (TPSA) is 67.3 Å². The minimum Gasteiger partial charge on any atom is -0.263 e. The van der Waals surface area contributed by atoms with E-state index in [0.29, 0.717) is 11.5 Å². The molecule has 2 heterocycles. The maximum absolute atomic E-state index is 4.51. The molecule has 0 amide bonds. The minimum atomic E-state index is 0.608. The van der Waals surface area contributed by atoms with Gasteiger partial charge in [-0.15, -0.1) is 0 Å². The van der Waals surface area contributed by atoms with E-state index in [-0.39, 0.29) is 0 Å². The molecule has 3 aromatic rings. The molecule has 5 heteroatoms. The molecule has 18 heavy (non-hydrogen) atoms. The molecule has 1 aromatic carbocycles. The Kier molecular flexibility index (Phi) is 2.72. The van der Waals surface area contributed by atoms with Crippen LogP contribution in [0, 0.1) is 0 Å². The smallest absolute Gasteiger partial charge is 0.201 e. The van der Waals surface area contributed by atoms with Crippen LogP contribution >= 0.6 is 0 Å². The summed E-state index contributed by atoms with van der Waals surface area (Å²) in [5.41, 5.74) is 2.44. The molecular formula is C13H13N5. The SMILES string of the molecule is CCCc1nc(-c2cnc3ccccc3n2)n[nH]1. The number of nitrogens with one attached hydrogen (secondary N) is 1. The van der Waals surface area contributed by atoms with Crippen molar-refractivity contribution in [2.45, 2.75) is 19.8 Å². The van der Waals surface area contributed by atoms with E-state index < -0.39 is 0 Å². The largest absolute Gasteiger partial charge is 0.263 e. The minimum absolute atomic E-state index is 0.608. The van der Waals surface area contributed by atoms with E-state index in [4.69, 9.17) is 0 Å². The maximum atomic E-state index is 4.51. The summed E-state index contributed by atoms with van der Waals surface area (Å²) in [5, 5.41) is 7.10. The van der Waals surface area contributed by atoms with Crippen LogP contribution in [0.3, 0.4) is 0 Å². The van der Waals surface area contributed by atoms with Crippen LogP contribution in [0.5, 0.6) is 0 Å². The van der Waals surface area contributed by atoms with Crippen molar-refractivity contribution in [1.29, 1.82) is 0 Å². The lowest BCUT2D eigenvalue weighted by Crippen LogP contribution is -1.90. The van der Waals surface area contributed by atoms with Crippen LogP contribution in [0.1, 0.15) is 19.2 Å². The number of nitrogens with zero attached hydrogens (tertiary/aromatic N) is 4. The van der Waals surface area contributed by atoms with E-state index in [1.165, 1.54) is 0 Å². The fourth-order valence-corrected chi connectivity index (χ4v) is 1.82. The number of aromatic amines is 1. The highest BCUT2D eigenvalue weighted by Gasteiger charge is 2.08. The van der Waals surface area contributed by atoms with Gasteiger partial charge in [-0.2, -0.15) is 5.10 Å². The Morgan fingerprint density at radius 1 is 1.11 bits per heavy atom. The van der Waals surface area contributed by atoms with Crippen molar-refractivity contribution < 1.29 is 0 Å². The molecule has 0 atom stereocenters. The molecule has 0 bridgehead atoms. The Morgan fingerprint density at radius 2 is 1.94 bits per heavy atom. The number of fused-ring (bicyclic) bond motifs is 1. The second-order valence-electron chi connectivity index (χ2n) is 4.10. The van der Waals surface area contributed by atoms with Crippen molar-refractivity contribution in [3.63, 3.8) is 0 Å². The van der Waals surface area contributed by atoms with Gasteiger partial charge in [0, 0.05) is 6.42 Å². The maximum Gasteiger partial charge on any atom is 0.201 e. The predicted octanol–water partition coefficient (Wildman–Crippen LogP) is 2.37. The van der Waals surface area contributed by atoms with Crippen molar-refractivity contribution in [1.82, 2.24) is 25.1 Å². The molecule has 0 fully saturated rings. The summed E-state index contributed by atoms with van der Waals surface area (Å²) in [5.74, 6) is 1.50. The first-order chi connectivity index (χ1) is 8.86. The number of hydrogen-bond acceptors (Lipinski definition) is 4. The summed E-state index contributed by atoms with van der Waals surface area (Å²) in [4.78, 5) is 13.3. The number of hydrogen-bond donors (Lipinski definition) is 1. The average molecular weight is 239 g/mol. The van der Waals surface area contributed by atoms with Gasteiger partial charge in [0.25, 0.3) is 0 Å². The highest BCUT2D eigenvalue weighted by atomic mass is 15.2. The molecule has 3 rings (SSSR count). The second kappa shape index (κ2) is 4.52. The summed E-state index contributed by atoms with van der Waals surface area (Å²) in [6, 6.07) is 7.77. The molecular weight excluding hydrogens is 226 g/mol. The van der Waals surface area contributed by atoms with Gasteiger partial charge in [-0.3, -0.25) is 10.1 Å². The van der Waals surface area contributed by atoms with E-state index in [0.717, 1.165) is 29.7 Å². The fourth-order valence-electron chi connectivity index (χ4n) is 1.82. The van der Waals surface area contributed by atoms with Crippen molar-refractivity contribution >= 4 is 11.0 Å². The van der Waals surface area contributed by atoms with E-state index >= 15 is 0 Å². The molecule has 0 spiro atoms. The third-order valence-electron chi connectivity index (χ3n) is 2.70. The standard InChI is InChI=1S/C13H13N5/c1-2-5-12-16-13(18-17-12)11-8-14-9-6-3-4-7-10(9)15-11/h3-4,6-8H,2,5H2,1H3,(H,16,17,18). The van der Waals surface area contributed by atoms with Gasteiger partial charge in [-0.1, -0.05) is 19.1 Å². The van der Waals surface area contributed by atoms with Gasteiger partial charge in [0.1, 0.15) is 11.5 Å². The number of aryl methyl sites for hydroxylation is 1. The number of para-hydroxylation sites is 2. The Bertz CT molecular complexity index is 674. The van der Waals surface area contributed by atoms with Crippen LogP contribution in [0.4, 0.5) is 0 Å². The van der Waals surface area contributed by atoms with Gasteiger partial charge in [0.2, 0.25) is 5.82 Å². The van der Waals surface area contributed by atoms with Crippen molar-refractivity contribution in [2.75, 3.05) is 0 Å². The molecule has 0 aliphatic carbocycles. The lowest BCUT2D eigenvalue weighted by atomic mass is 10.3. The molecule has 90 valence electrons. The second-order valence-corrected chi connectivity index (χ2v) is 4.10. The molecule has 5 nitrogen and oxygen atoms in total. The number of benzene rings is 1. The van der Waals surface area contributed by atoms with Crippen molar-refractivity contribution in [3.8, 4) is 11.5 Å². The fraction of sp³-hybridized carbons (Fsp3) is 0.231. The number of rotatable bonds is 3. The third-order valence-corrected chi connectivity index (χ3v) is 2.70. The van der Waals surface area contributed by atoms with Gasteiger partial charge >= 0.3 is 0 Å². The van der Waals surface area contributed by atoms with Crippen LogP contribution in [0.2, 0.25) is 0 Å². The third kappa shape index (κ3) is 1.95. The monoisotopic (exact) mass is 239 g/mol. The molecule has 0 saturated carbocycles. The van der Waals surface area contributed by atoms with Crippen molar-refractivity contribution in [2.24, 2.45) is 0 Å². The summed E-state index contributed by atoms with van der Waals surface area (Å²) in [7, 11) is 0. The molecule has 0 aliphatic heterocycles. The summed E-state index contributed by atoms with van der Waals surface area (Å²) < 4.78 is 0. The zero-order chi connectivity index (χ0) is 12.4. The first-order valence-corrected chi connectivity index (χ1v) is 6.00. The Hall–Kier alpha value is -2.30. The van der Waals surface area contributed by atoms with E-state index in [1.807, 2.05) is 24.3 Å². The molecule has 1 N–H and O–H groups in total. The molecule has 0 radical (unpaired) electrons. The van der Waals surface area contributed by atoms with Gasteiger partial charge in [0.05, 0.1) is 17.2 Å². The van der Waals surface area contributed by atoms with Crippen LogP contribution in [0.15, 0.2) is 30.5 Å². The summed E-state index contributed by atoms with van der Waals surface area (Å²) in [6.45, 7) is 2.11. The molecule has 0 aliphatic rings. The van der Waals surface area contributed by atoms with Crippen LogP contribution in [-0.4, -0.2) is 25.1 Å². The van der Waals surface area contributed by atoms with Gasteiger partial charge in [-0.25, -0.2) is 9.97 Å². The zero-order valence-corrected chi connectivity index (χ0v) is 10.1. The molecule has 0 saturated heterocycles. The van der Waals surface area contributed by atoms with Crippen LogP contribution < -0.4 is 0 Å². The normalized spacial score (nSPS) is 10.9. The van der Waals surface area contributed by atoms with Crippen LogP contribution in [-0.2, 0) is 6.42 Å². The zero-order valence-electron chi connectivity index (χ0n) is 10.1. The summed E-state index contributed by atoms with van der Waals surface area (Å²) >= 11 is 0. The summed E-state index contributed by atoms with van der Waals surface area (Å²) in [6.07, 6.45) is 3.65. The quantitative estimate of drug-likeness (QED) is 0.761. The van der Waals surface area contributed by atoms with Gasteiger partial charge in [-0.05, 0) is 18.6 Å². The van der Waals surface area contributed by atoms with E-state index in [9.17, 15) is 0 Å². The first kappa shape index (κ1) is 10.8. The first-order valence-electron chi connectivity index (χ1n) is 6.00. The van der Waals surface area contributed by atoms with Crippen LogP contribution in [0.25, 0.3) is 22.6 Å². The number of aromatic nitrogens is 5. The van der Waals surface area contributed by atoms with E-state index in [1.54, 1.807) is 6.20 Å². The molecule has 2 aromatic heterocycles. The highest BCUT2D eigenvalue weighted by molar-refractivity contribution is 5.75. The lowest BCUT2D eigenvalue weighted by Gasteiger charge is -1.97. The average Bonchev–Trinajstić information content (AvgIpc) is 2.87. The highest BCUT2D eigenvalue weighted by Crippen LogP contribution is 2.15. The lowest BCUT2D eigenvalue weighted by molar-refractivity contribution is 0.841. The number of H-pyrrole nitrogens is 1. The Balaban J connectivity index is 2.02. The molecule has 0 unspecified atom stereocenters.